The highest BCUT2D eigenvalue weighted by molar-refractivity contribution is 6.32. The lowest BCUT2D eigenvalue weighted by molar-refractivity contribution is -0.0635. The zero-order chi connectivity index (χ0) is 12.8. The highest BCUT2D eigenvalue weighted by Gasteiger charge is 2.56. The van der Waals surface area contributed by atoms with E-state index in [9.17, 15) is 4.39 Å². The van der Waals surface area contributed by atoms with Gasteiger partial charge in [-0.1, -0.05) is 30.5 Å². The van der Waals surface area contributed by atoms with Gasteiger partial charge in [0.15, 0.2) is 11.6 Å². The minimum atomic E-state index is -0.392. The van der Waals surface area contributed by atoms with Crippen molar-refractivity contribution in [1.29, 1.82) is 0 Å². The molecule has 0 aromatic heterocycles. The van der Waals surface area contributed by atoms with E-state index in [1.165, 1.54) is 18.9 Å². The molecule has 0 saturated heterocycles. The standard InChI is InChI=1S/C14H17ClFNO/c15-9-4-3-5-10(16)13(9)18-12-8-11(17)14(12)6-1-2-7-14/h3-5,11-12H,1-2,6-8,17H2. The van der Waals surface area contributed by atoms with Gasteiger partial charge in [-0.15, -0.1) is 0 Å². The molecule has 2 aliphatic rings. The Balaban J connectivity index is 1.81. The lowest BCUT2D eigenvalue weighted by atomic mass is 9.61. The fraction of sp³-hybridized carbons (Fsp3) is 0.571. The Morgan fingerprint density at radius 1 is 1.33 bits per heavy atom. The molecular weight excluding hydrogens is 253 g/mol. The molecule has 0 bridgehead atoms. The molecule has 2 atom stereocenters. The lowest BCUT2D eigenvalue weighted by Crippen LogP contribution is -2.62. The molecule has 0 radical (unpaired) electrons. The number of halogens is 2. The van der Waals surface area contributed by atoms with Crippen LogP contribution in [0.1, 0.15) is 32.1 Å². The van der Waals surface area contributed by atoms with E-state index in [0.717, 1.165) is 19.3 Å². The minimum absolute atomic E-state index is 0.0180. The first kappa shape index (κ1) is 12.2. The number of benzene rings is 1. The Labute approximate surface area is 111 Å². The Hall–Kier alpha value is -0.800. The van der Waals surface area contributed by atoms with Crippen LogP contribution in [-0.2, 0) is 0 Å². The second-order valence-electron chi connectivity index (χ2n) is 5.44. The first-order valence-electron chi connectivity index (χ1n) is 6.50. The summed E-state index contributed by atoms with van der Waals surface area (Å²) in [5, 5.41) is 0.337. The van der Waals surface area contributed by atoms with Gasteiger partial charge in [-0.2, -0.15) is 0 Å². The lowest BCUT2D eigenvalue weighted by Gasteiger charge is -2.52. The van der Waals surface area contributed by atoms with E-state index in [1.807, 2.05) is 0 Å². The van der Waals surface area contributed by atoms with Crippen LogP contribution in [0.3, 0.4) is 0 Å². The summed E-state index contributed by atoms with van der Waals surface area (Å²) in [5.74, 6) is -0.210. The van der Waals surface area contributed by atoms with E-state index < -0.39 is 5.82 Å². The molecule has 2 aliphatic carbocycles. The van der Waals surface area contributed by atoms with E-state index in [-0.39, 0.29) is 23.3 Å². The number of hydrogen-bond donors (Lipinski definition) is 1. The second-order valence-corrected chi connectivity index (χ2v) is 5.85. The van der Waals surface area contributed by atoms with Gasteiger partial charge >= 0.3 is 0 Å². The molecule has 0 heterocycles. The van der Waals surface area contributed by atoms with Crippen molar-refractivity contribution in [2.45, 2.75) is 44.2 Å². The monoisotopic (exact) mass is 269 g/mol. The highest BCUT2D eigenvalue weighted by atomic mass is 35.5. The van der Waals surface area contributed by atoms with Crippen molar-refractivity contribution in [3.8, 4) is 5.75 Å². The first-order valence-corrected chi connectivity index (χ1v) is 6.87. The van der Waals surface area contributed by atoms with Crippen LogP contribution in [0.25, 0.3) is 0 Å². The van der Waals surface area contributed by atoms with Gasteiger partial charge in [0.05, 0.1) is 5.02 Å². The normalized spacial score (nSPS) is 29.3. The molecule has 0 amide bonds. The van der Waals surface area contributed by atoms with Gasteiger partial charge in [-0.05, 0) is 25.0 Å². The smallest absolute Gasteiger partial charge is 0.173 e. The van der Waals surface area contributed by atoms with Crippen LogP contribution >= 0.6 is 11.6 Å². The maximum absolute atomic E-state index is 13.7. The second kappa shape index (κ2) is 4.39. The van der Waals surface area contributed by atoms with E-state index in [4.69, 9.17) is 22.1 Å². The van der Waals surface area contributed by atoms with Gasteiger partial charge in [-0.25, -0.2) is 4.39 Å². The van der Waals surface area contributed by atoms with Crippen molar-refractivity contribution < 1.29 is 9.13 Å². The molecule has 18 heavy (non-hydrogen) atoms. The number of hydrogen-bond acceptors (Lipinski definition) is 2. The molecule has 2 fully saturated rings. The Bertz CT molecular complexity index is 439. The molecule has 1 spiro atoms. The van der Waals surface area contributed by atoms with Crippen LogP contribution in [0.2, 0.25) is 5.02 Å². The zero-order valence-corrected chi connectivity index (χ0v) is 10.9. The van der Waals surface area contributed by atoms with Crippen LogP contribution in [0.4, 0.5) is 4.39 Å². The quantitative estimate of drug-likeness (QED) is 0.892. The summed E-state index contributed by atoms with van der Waals surface area (Å²) in [6, 6.07) is 4.80. The number of rotatable bonds is 2. The van der Waals surface area contributed by atoms with Crippen LogP contribution in [-0.4, -0.2) is 12.1 Å². The van der Waals surface area contributed by atoms with Gasteiger partial charge in [-0.3, -0.25) is 0 Å². The third kappa shape index (κ3) is 1.72. The van der Waals surface area contributed by atoms with E-state index in [1.54, 1.807) is 12.1 Å². The number of ether oxygens (including phenoxy) is 1. The summed E-state index contributed by atoms with van der Waals surface area (Å²) < 4.78 is 19.5. The highest BCUT2D eigenvalue weighted by Crippen LogP contribution is 2.54. The van der Waals surface area contributed by atoms with Gasteiger partial charge < -0.3 is 10.5 Å². The summed E-state index contributed by atoms with van der Waals surface area (Å²) >= 11 is 5.99. The predicted octanol–water partition coefficient (Wildman–Crippen LogP) is 3.52. The molecule has 0 aliphatic heterocycles. The Morgan fingerprint density at radius 3 is 2.67 bits per heavy atom. The third-order valence-electron chi connectivity index (χ3n) is 4.56. The van der Waals surface area contributed by atoms with Crippen LogP contribution in [0, 0.1) is 11.2 Å². The molecule has 2 saturated carbocycles. The van der Waals surface area contributed by atoms with Crippen molar-refractivity contribution in [2.75, 3.05) is 0 Å². The minimum Gasteiger partial charge on any atom is -0.485 e. The van der Waals surface area contributed by atoms with Crippen molar-refractivity contribution >= 4 is 11.6 Å². The maximum Gasteiger partial charge on any atom is 0.173 e. The van der Waals surface area contributed by atoms with Gasteiger partial charge in [0.25, 0.3) is 0 Å². The number of para-hydroxylation sites is 1. The van der Waals surface area contributed by atoms with Crippen molar-refractivity contribution in [1.82, 2.24) is 0 Å². The molecule has 98 valence electrons. The fourth-order valence-corrected chi connectivity index (χ4v) is 3.61. The molecule has 2 N–H and O–H groups in total. The Kier molecular flexibility index (Phi) is 2.99. The summed E-state index contributed by atoms with van der Waals surface area (Å²) in [6.45, 7) is 0. The number of nitrogens with two attached hydrogens (primary N) is 1. The molecular formula is C14H17ClFNO. The molecule has 1 aromatic carbocycles. The van der Waals surface area contributed by atoms with E-state index >= 15 is 0 Å². The largest absolute Gasteiger partial charge is 0.485 e. The van der Waals surface area contributed by atoms with Crippen LogP contribution < -0.4 is 10.5 Å². The molecule has 2 nitrogen and oxygen atoms in total. The third-order valence-corrected chi connectivity index (χ3v) is 4.86. The zero-order valence-electron chi connectivity index (χ0n) is 10.2. The fourth-order valence-electron chi connectivity index (χ4n) is 3.41. The topological polar surface area (TPSA) is 35.2 Å². The van der Waals surface area contributed by atoms with E-state index in [2.05, 4.69) is 0 Å². The summed E-state index contributed by atoms with van der Waals surface area (Å²) in [4.78, 5) is 0. The Morgan fingerprint density at radius 2 is 2.06 bits per heavy atom. The predicted molar refractivity (Wildman–Crippen MR) is 69.3 cm³/mol. The van der Waals surface area contributed by atoms with Crippen LogP contribution in [0.15, 0.2) is 18.2 Å². The molecule has 4 heteroatoms. The van der Waals surface area contributed by atoms with Gasteiger partial charge in [0, 0.05) is 17.9 Å². The van der Waals surface area contributed by atoms with Crippen molar-refractivity contribution in [2.24, 2.45) is 11.1 Å². The van der Waals surface area contributed by atoms with Crippen molar-refractivity contribution in [3.05, 3.63) is 29.0 Å². The first-order chi connectivity index (χ1) is 8.63. The van der Waals surface area contributed by atoms with Gasteiger partial charge in [0.2, 0.25) is 0 Å². The van der Waals surface area contributed by atoms with E-state index in [0.29, 0.717) is 5.02 Å². The molecule has 3 rings (SSSR count). The summed E-state index contributed by atoms with van der Waals surface area (Å²) in [6.07, 6.45) is 5.38. The summed E-state index contributed by atoms with van der Waals surface area (Å²) in [7, 11) is 0. The van der Waals surface area contributed by atoms with Crippen LogP contribution in [0.5, 0.6) is 5.75 Å². The van der Waals surface area contributed by atoms with Crippen molar-refractivity contribution in [3.63, 3.8) is 0 Å². The van der Waals surface area contributed by atoms with Gasteiger partial charge in [0.1, 0.15) is 6.10 Å². The molecule has 1 aromatic rings. The summed E-state index contributed by atoms with van der Waals surface area (Å²) in [5.41, 5.74) is 6.19. The SMILES string of the molecule is NC1CC(Oc2c(F)cccc2Cl)C12CCCC2. The molecule has 2 unspecified atom stereocenters. The average molecular weight is 270 g/mol. The average Bonchev–Trinajstić information content (AvgIpc) is 2.84. The maximum atomic E-state index is 13.7.